The summed E-state index contributed by atoms with van der Waals surface area (Å²) in [6.45, 7) is 3.96. The van der Waals surface area contributed by atoms with E-state index in [2.05, 4.69) is 10.2 Å². The number of carbonyl (C=O) groups is 3. The lowest BCUT2D eigenvalue weighted by atomic mass is 10.3. The van der Waals surface area contributed by atoms with Gasteiger partial charge in [-0.25, -0.2) is 14.0 Å². The number of morpholine rings is 1. The normalized spacial score (nSPS) is 14.2. The summed E-state index contributed by atoms with van der Waals surface area (Å²) in [7, 11) is 0. The highest BCUT2D eigenvalue weighted by Gasteiger charge is 2.11. The molecular formula is C15H19FN2O6. The Hall–Kier alpha value is -2.52. The van der Waals surface area contributed by atoms with Gasteiger partial charge in [0.15, 0.2) is 0 Å². The molecule has 1 heterocycles. The first-order valence-corrected chi connectivity index (χ1v) is 7.20. The van der Waals surface area contributed by atoms with Gasteiger partial charge in [0.05, 0.1) is 13.2 Å². The van der Waals surface area contributed by atoms with Crippen molar-refractivity contribution in [2.24, 2.45) is 0 Å². The van der Waals surface area contributed by atoms with Gasteiger partial charge in [0, 0.05) is 31.7 Å². The van der Waals surface area contributed by atoms with E-state index in [0.717, 1.165) is 32.8 Å². The lowest BCUT2D eigenvalue weighted by Crippen LogP contribution is -2.38. The fraction of sp³-hybridized carbons (Fsp3) is 0.400. The van der Waals surface area contributed by atoms with Crippen molar-refractivity contribution >= 4 is 23.5 Å². The molecule has 8 nitrogen and oxygen atoms in total. The van der Waals surface area contributed by atoms with E-state index in [-0.39, 0.29) is 11.7 Å². The summed E-state index contributed by atoms with van der Waals surface area (Å²) >= 11 is 0. The first kappa shape index (κ1) is 19.5. The van der Waals surface area contributed by atoms with E-state index < -0.39 is 11.9 Å². The van der Waals surface area contributed by atoms with E-state index in [4.69, 9.17) is 24.5 Å². The molecule has 0 atom stereocenters. The summed E-state index contributed by atoms with van der Waals surface area (Å²) in [6.07, 6.45) is 0.442. The van der Waals surface area contributed by atoms with Crippen LogP contribution in [0.3, 0.4) is 0 Å². The molecule has 1 fully saturated rings. The molecule has 0 aromatic heterocycles. The van der Waals surface area contributed by atoms with Crippen LogP contribution in [0, 0.1) is 5.82 Å². The van der Waals surface area contributed by atoms with Gasteiger partial charge in [-0.3, -0.25) is 9.69 Å². The van der Waals surface area contributed by atoms with E-state index in [1.54, 1.807) is 12.1 Å². The number of rotatable bonds is 4. The Labute approximate surface area is 137 Å². The molecule has 1 saturated heterocycles. The Morgan fingerprint density at radius 3 is 2.12 bits per heavy atom. The minimum absolute atomic E-state index is 0.0481. The van der Waals surface area contributed by atoms with Crippen molar-refractivity contribution in [1.82, 2.24) is 4.90 Å². The van der Waals surface area contributed by atoms with Crippen LogP contribution in [-0.4, -0.2) is 65.8 Å². The van der Waals surface area contributed by atoms with Gasteiger partial charge in [-0.2, -0.15) is 0 Å². The van der Waals surface area contributed by atoms with Crippen molar-refractivity contribution in [3.8, 4) is 0 Å². The van der Waals surface area contributed by atoms with Gasteiger partial charge in [0.25, 0.3) is 0 Å². The highest BCUT2D eigenvalue weighted by Crippen LogP contribution is 2.08. The number of amides is 1. The zero-order valence-corrected chi connectivity index (χ0v) is 12.9. The fourth-order valence-corrected chi connectivity index (χ4v) is 1.84. The third-order valence-corrected chi connectivity index (χ3v) is 3.07. The molecule has 1 amide bonds. The number of benzene rings is 1. The number of carboxylic acid groups (broad SMARTS) is 2. The molecule has 1 aliphatic heterocycles. The molecule has 1 aromatic rings. The number of halogens is 1. The Kier molecular flexibility index (Phi) is 8.37. The standard InChI is InChI=1S/C13H17FN2O2.C2H2O4/c14-11-1-3-12(4-2-11)15-13(17)5-6-16-7-9-18-10-8-16;3-1(4)2(5)6/h1-4H,5-10H2,(H,15,17);(H,3,4)(H,5,6). The monoisotopic (exact) mass is 342 g/mol. The van der Waals surface area contributed by atoms with Crippen LogP contribution in [-0.2, 0) is 19.1 Å². The number of aliphatic carboxylic acids is 2. The van der Waals surface area contributed by atoms with E-state index in [9.17, 15) is 9.18 Å². The summed E-state index contributed by atoms with van der Waals surface area (Å²) < 4.78 is 17.9. The second-order valence-electron chi connectivity index (χ2n) is 4.87. The first-order valence-electron chi connectivity index (χ1n) is 7.20. The fourth-order valence-electron chi connectivity index (χ4n) is 1.84. The van der Waals surface area contributed by atoms with Crippen LogP contribution in [0.4, 0.5) is 10.1 Å². The number of nitrogens with zero attached hydrogens (tertiary/aromatic N) is 1. The Bertz CT molecular complexity index is 546. The van der Waals surface area contributed by atoms with Crippen molar-refractivity contribution in [3.63, 3.8) is 0 Å². The number of carboxylic acids is 2. The van der Waals surface area contributed by atoms with Crippen molar-refractivity contribution < 1.29 is 33.7 Å². The van der Waals surface area contributed by atoms with E-state index in [1.807, 2.05) is 0 Å². The van der Waals surface area contributed by atoms with Crippen LogP contribution < -0.4 is 5.32 Å². The molecule has 2 rings (SSSR count). The molecule has 0 saturated carbocycles. The molecule has 1 aromatic carbocycles. The van der Waals surface area contributed by atoms with Crippen LogP contribution in [0.25, 0.3) is 0 Å². The van der Waals surface area contributed by atoms with Crippen molar-refractivity contribution in [2.45, 2.75) is 6.42 Å². The molecule has 0 bridgehead atoms. The minimum Gasteiger partial charge on any atom is -0.473 e. The van der Waals surface area contributed by atoms with Gasteiger partial charge in [-0.15, -0.1) is 0 Å². The predicted molar refractivity (Wildman–Crippen MR) is 82.2 cm³/mol. The van der Waals surface area contributed by atoms with E-state index >= 15 is 0 Å². The van der Waals surface area contributed by atoms with Crippen LogP contribution in [0.1, 0.15) is 6.42 Å². The lowest BCUT2D eigenvalue weighted by Gasteiger charge is -2.26. The quantitative estimate of drug-likeness (QED) is 0.688. The Balaban J connectivity index is 0.000000413. The number of anilines is 1. The van der Waals surface area contributed by atoms with Gasteiger partial charge in [-0.1, -0.05) is 0 Å². The van der Waals surface area contributed by atoms with Gasteiger partial charge in [-0.05, 0) is 24.3 Å². The molecule has 9 heteroatoms. The first-order chi connectivity index (χ1) is 11.4. The molecule has 0 unspecified atom stereocenters. The maximum Gasteiger partial charge on any atom is 0.414 e. The topological polar surface area (TPSA) is 116 Å². The molecule has 0 radical (unpaired) electrons. The zero-order chi connectivity index (χ0) is 17.9. The van der Waals surface area contributed by atoms with Crippen molar-refractivity contribution in [1.29, 1.82) is 0 Å². The van der Waals surface area contributed by atoms with Crippen LogP contribution >= 0.6 is 0 Å². The minimum atomic E-state index is -1.82. The zero-order valence-electron chi connectivity index (χ0n) is 12.9. The molecule has 24 heavy (non-hydrogen) atoms. The average molecular weight is 342 g/mol. The second kappa shape index (κ2) is 10.3. The molecule has 132 valence electrons. The van der Waals surface area contributed by atoms with Gasteiger partial charge in [0.2, 0.25) is 5.91 Å². The number of hydrogen-bond acceptors (Lipinski definition) is 5. The molecule has 1 aliphatic rings. The molecule has 0 spiro atoms. The number of carbonyl (C=O) groups excluding carboxylic acids is 1. The smallest absolute Gasteiger partial charge is 0.414 e. The van der Waals surface area contributed by atoms with E-state index in [1.165, 1.54) is 12.1 Å². The number of ether oxygens (including phenoxy) is 1. The molecular weight excluding hydrogens is 323 g/mol. The second-order valence-corrected chi connectivity index (χ2v) is 4.87. The summed E-state index contributed by atoms with van der Waals surface area (Å²) in [5, 5.41) is 17.5. The van der Waals surface area contributed by atoms with Gasteiger partial charge < -0.3 is 20.3 Å². The van der Waals surface area contributed by atoms with Crippen molar-refractivity contribution in [3.05, 3.63) is 30.1 Å². The molecule has 0 aliphatic carbocycles. The summed E-state index contributed by atoms with van der Waals surface area (Å²) in [5.74, 6) is -4.00. The average Bonchev–Trinajstić information content (AvgIpc) is 2.56. The maximum atomic E-state index is 12.7. The number of hydrogen-bond donors (Lipinski definition) is 3. The van der Waals surface area contributed by atoms with Gasteiger partial charge in [0.1, 0.15) is 5.82 Å². The highest BCUT2D eigenvalue weighted by molar-refractivity contribution is 6.27. The Morgan fingerprint density at radius 1 is 1.08 bits per heavy atom. The molecule has 3 N–H and O–H groups in total. The van der Waals surface area contributed by atoms with Crippen LogP contribution in [0.15, 0.2) is 24.3 Å². The maximum absolute atomic E-state index is 12.7. The lowest BCUT2D eigenvalue weighted by molar-refractivity contribution is -0.159. The number of nitrogens with one attached hydrogen (secondary N) is 1. The highest BCUT2D eigenvalue weighted by atomic mass is 19.1. The van der Waals surface area contributed by atoms with Gasteiger partial charge >= 0.3 is 11.9 Å². The third-order valence-electron chi connectivity index (χ3n) is 3.07. The predicted octanol–water partition coefficient (Wildman–Crippen LogP) is 0.642. The summed E-state index contributed by atoms with van der Waals surface area (Å²) in [4.78, 5) is 32.1. The summed E-state index contributed by atoms with van der Waals surface area (Å²) in [6, 6.07) is 5.78. The Morgan fingerprint density at radius 2 is 1.62 bits per heavy atom. The van der Waals surface area contributed by atoms with Crippen LogP contribution in [0.5, 0.6) is 0 Å². The third kappa shape index (κ3) is 8.20. The SMILES string of the molecule is O=C(CCN1CCOCC1)Nc1ccc(F)cc1.O=C(O)C(=O)O. The van der Waals surface area contributed by atoms with Crippen molar-refractivity contribution in [2.75, 3.05) is 38.2 Å². The summed E-state index contributed by atoms with van der Waals surface area (Å²) in [5.41, 5.74) is 0.628. The van der Waals surface area contributed by atoms with Crippen LogP contribution in [0.2, 0.25) is 0 Å². The largest absolute Gasteiger partial charge is 0.473 e. The van der Waals surface area contributed by atoms with E-state index in [0.29, 0.717) is 12.1 Å².